The van der Waals surface area contributed by atoms with Crippen LogP contribution in [-0.2, 0) is 4.79 Å². The highest BCUT2D eigenvalue weighted by atomic mass is 32.1. The van der Waals surface area contributed by atoms with E-state index < -0.39 is 12.1 Å². The number of carbonyl (C=O) groups excluding carboxylic acids is 1. The second-order valence-electron chi connectivity index (χ2n) is 6.42. The quantitative estimate of drug-likeness (QED) is 0.877. The SMILES string of the molecule is CC(C)[C@@H](NC(=O)CN1CCC[C@H](C(F)(F)F)C1)c1cccs1. The maximum atomic E-state index is 12.8. The van der Waals surface area contributed by atoms with E-state index in [1.54, 1.807) is 16.2 Å². The first-order valence-corrected chi connectivity index (χ1v) is 8.77. The fourth-order valence-electron chi connectivity index (χ4n) is 2.92. The predicted octanol–water partition coefficient (Wildman–Crippen LogP) is 3.84. The van der Waals surface area contributed by atoms with Gasteiger partial charge in [0.05, 0.1) is 18.5 Å². The Labute approximate surface area is 138 Å². The molecule has 0 bridgehead atoms. The lowest BCUT2D eigenvalue weighted by molar-refractivity contribution is -0.187. The van der Waals surface area contributed by atoms with E-state index in [9.17, 15) is 18.0 Å². The van der Waals surface area contributed by atoms with Gasteiger partial charge in [-0.2, -0.15) is 13.2 Å². The minimum atomic E-state index is -4.17. The number of alkyl halides is 3. The summed E-state index contributed by atoms with van der Waals surface area (Å²) in [6, 6.07) is 3.81. The standard InChI is InChI=1S/C16H23F3N2OS/c1-11(2)15(13-6-4-8-23-13)20-14(22)10-21-7-3-5-12(9-21)16(17,18)19/h4,6,8,11-12,15H,3,5,7,9-10H2,1-2H3,(H,20,22)/t12-,15+/m0/s1. The number of hydrogen-bond donors (Lipinski definition) is 1. The Morgan fingerprint density at radius 3 is 2.78 bits per heavy atom. The minimum absolute atomic E-state index is 0.0289. The van der Waals surface area contributed by atoms with Crippen LogP contribution in [-0.4, -0.2) is 36.6 Å². The first-order valence-electron chi connectivity index (χ1n) is 7.89. The van der Waals surface area contributed by atoms with Crippen LogP contribution in [0.3, 0.4) is 0 Å². The molecule has 1 aromatic heterocycles. The third-order valence-corrected chi connectivity index (χ3v) is 5.12. The molecular weight excluding hydrogens is 325 g/mol. The Morgan fingerprint density at radius 2 is 2.22 bits per heavy atom. The smallest absolute Gasteiger partial charge is 0.347 e. The van der Waals surface area contributed by atoms with Crippen LogP contribution in [0.1, 0.15) is 37.6 Å². The first kappa shape index (κ1) is 18.3. The number of nitrogens with zero attached hydrogens (tertiary/aromatic N) is 1. The second kappa shape index (κ2) is 7.66. The Balaban J connectivity index is 1.91. The van der Waals surface area contributed by atoms with Crippen molar-refractivity contribution in [2.24, 2.45) is 11.8 Å². The van der Waals surface area contributed by atoms with Crippen molar-refractivity contribution < 1.29 is 18.0 Å². The average molecular weight is 348 g/mol. The largest absolute Gasteiger partial charge is 0.393 e. The zero-order valence-electron chi connectivity index (χ0n) is 13.4. The molecule has 0 unspecified atom stereocenters. The average Bonchev–Trinajstić information content (AvgIpc) is 2.97. The molecule has 2 atom stereocenters. The molecule has 1 aromatic rings. The maximum absolute atomic E-state index is 12.8. The van der Waals surface area contributed by atoms with Crippen molar-refractivity contribution in [1.82, 2.24) is 10.2 Å². The number of thiophene rings is 1. The molecule has 23 heavy (non-hydrogen) atoms. The van der Waals surface area contributed by atoms with Crippen molar-refractivity contribution >= 4 is 17.2 Å². The molecule has 7 heteroatoms. The van der Waals surface area contributed by atoms with Crippen LogP contribution >= 0.6 is 11.3 Å². The zero-order valence-corrected chi connectivity index (χ0v) is 14.2. The lowest BCUT2D eigenvalue weighted by Crippen LogP contribution is -2.46. The van der Waals surface area contributed by atoms with Gasteiger partial charge >= 0.3 is 6.18 Å². The van der Waals surface area contributed by atoms with Gasteiger partial charge in [-0.1, -0.05) is 19.9 Å². The lowest BCUT2D eigenvalue weighted by atomic mass is 9.97. The fraction of sp³-hybridized carbons (Fsp3) is 0.688. The number of carbonyl (C=O) groups is 1. The van der Waals surface area contributed by atoms with E-state index in [0.717, 1.165) is 4.88 Å². The molecule has 2 rings (SSSR count). The summed E-state index contributed by atoms with van der Waals surface area (Å²) in [5.41, 5.74) is 0. The Kier molecular flexibility index (Phi) is 6.08. The molecule has 1 aliphatic heterocycles. The molecule has 1 aliphatic rings. The third kappa shape index (κ3) is 5.21. The Hall–Kier alpha value is -1.08. The van der Waals surface area contributed by atoms with Crippen LogP contribution in [0.2, 0.25) is 0 Å². The van der Waals surface area contributed by atoms with Gasteiger partial charge < -0.3 is 5.32 Å². The van der Waals surface area contributed by atoms with Gasteiger partial charge in [-0.05, 0) is 36.8 Å². The van der Waals surface area contributed by atoms with E-state index in [-0.39, 0.29) is 37.4 Å². The summed E-state index contributed by atoms with van der Waals surface area (Å²) < 4.78 is 38.5. The van der Waals surface area contributed by atoms with Gasteiger partial charge in [-0.25, -0.2) is 0 Å². The summed E-state index contributed by atoms with van der Waals surface area (Å²) >= 11 is 1.57. The molecule has 1 amide bonds. The summed E-state index contributed by atoms with van der Waals surface area (Å²) in [5, 5.41) is 4.92. The van der Waals surface area contributed by atoms with Gasteiger partial charge in [0.15, 0.2) is 0 Å². The molecule has 2 heterocycles. The van der Waals surface area contributed by atoms with E-state index in [2.05, 4.69) is 5.32 Å². The molecule has 3 nitrogen and oxygen atoms in total. The van der Waals surface area contributed by atoms with Crippen molar-refractivity contribution in [3.8, 4) is 0 Å². The van der Waals surface area contributed by atoms with Gasteiger partial charge in [0.1, 0.15) is 0 Å². The highest BCUT2D eigenvalue weighted by molar-refractivity contribution is 7.10. The molecule has 1 saturated heterocycles. The Bertz CT molecular complexity index is 502. The summed E-state index contributed by atoms with van der Waals surface area (Å²) in [7, 11) is 0. The topological polar surface area (TPSA) is 32.3 Å². The van der Waals surface area contributed by atoms with Gasteiger partial charge in [0, 0.05) is 11.4 Å². The first-order chi connectivity index (χ1) is 10.8. The number of halogens is 3. The van der Waals surface area contributed by atoms with Crippen molar-refractivity contribution in [3.63, 3.8) is 0 Å². The molecule has 1 fully saturated rings. The number of hydrogen-bond acceptors (Lipinski definition) is 3. The van der Waals surface area contributed by atoms with E-state index in [1.807, 2.05) is 31.4 Å². The molecule has 1 N–H and O–H groups in total. The van der Waals surface area contributed by atoms with Crippen molar-refractivity contribution in [2.75, 3.05) is 19.6 Å². The molecule has 0 aromatic carbocycles. The van der Waals surface area contributed by atoms with E-state index >= 15 is 0 Å². The predicted molar refractivity (Wildman–Crippen MR) is 85.3 cm³/mol. The molecule has 0 radical (unpaired) electrons. The number of nitrogens with one attached hydrogen (secondary N) is 1. The monoisotopic (exact) mass is 348 g/mol. The number of amides is 1. The minimum Gasteiger partial charge on any atom is -0.347 e. The summed E-state index contributed by atoms with van der Waals surface area (Å²) in [5.74, 6) is -1.30. The summed E-state index contributed by atoms with van der Waals surface area (Å²) in [6.07, 6.45) is -3.53. The molecule has 130 valence electrons. The van der Waals surface area contributed by atoms with Gasteiger partial charge in [0.2, 0.25) is 5.91 Å². The maximum Gasteiger partial charge on any atom is 0.393 e. The van der Waals surface area contributed by atoms with Crippen LogP contribution in [0.5, 0.6) is 0 Å². The van der Waals surface area contributed by atoms with Crippen molar-refractivity contribution in [2.45, 2.75) is 38.9 Å². The zero-order chi connectivity index (χ0) is 17.0. The summed E-state index contributed by atoms with van der Waals surface area (Å²) in [4.78, 5) is 14.9. The van der Waals surface area contributed by atoms with Crippen LogP contribution in [0.15, 0.2) is 17.5 Å². The summed E-state index contributed by atoms with van der Waals surface area (Å²) in [6.45, 7) is 4.53. The molecular formula is C16H23F3N2OS. The van der Waals surface area contributed by atoms with Gasteiger partial charge in [-0.15, -0.1) is 11.3 Å². The Morgan fingerprint density at radius 1 is 1.48 bits per heavy atom. The highest BCUT2D eigenvalue weighted by Crippen LogP contribution is 2.33. The third-order valence-electron chi connectivity index (χ3n) is 4.17. The normalized spacial score (nSPS) is 21.4. The van der Waals surface area contributed by atoms with Crippen LogP contribution in [0.4, 0.5) is 13.2 Å². The van der Waals surface area contributed by atoms with Crippen LogP contribution in [0, 0.1) is 11.8 Å². The fourth-order valence-corrected chi connectivity index (χ4v) is 3.87. The van der Waals surface area contributed by atoms with Gasteiger partial charge in [-0.3, -0.25) is 9.69 Å². The highest BCUT2D eigenvalue weighted by Gasteiger charge is 2.42. The van der Waals surface area contributed by atoms with E-state index in [4.69, 9.17) is 0 Å². The lowest BCUT2D eigenvalue weighted by Gasteiger charge is -2.33. The van der Waals surface area contributed by atoms with Gasteiger partial charge in [0.25, 0.3) is 0 Å². The van der Waals surface area contributed by atoms with Crippen LogP contribution in [0.25, 0.3) is 0 Å². The molecule has 0 spiro atoms. The van der Waals surface area contributed by atoms with E-state index in [1.165, 1.54) is 0 Å². The van der Waals surface area contributed by atoms with Crippen LogP contribution < -0.4 is 5.32 Å². The van der Waals surface area contributed by atoms with E-state index in [0.29, 0.717) is 13.0 Å². The number of likely N-dealkylation sites (tertiary alicyclic amines) is 1. The number of rotatable bonds is 5. The van der Waals surface area contributed by atoms with Crippen molar-refractivity contribution in [3.05, 3.63) is 22.4 Å². The molecule has 0 aliphatic carbocycles. The van der Waals surface area contributed by atoms with Crippen molar-refractivity contribution in [1.29, 1.82) is 0 Å². The second-order valence-corrected chi connectivity index (χ2v) is 7.40. The molecule has 0 saturated carbocycles. The number of piperidine rings is 1.